The summed E-state index contributed by atoms with van der Waals surface area (Å²) in [6.45, 7) is 1.90. The average Bonchev–Trinajstić information content (AvgIpc) is 2.63. The summed E-state index contributed by atoms with van der Waals surface area (Å²) >= 11 is 0. The fourth-order valence-electron chi connectivity index (χ4n) is 3.09. The normalized spacial score (nSPS) is 42.5. The third kappa shape index (κ3) is 3.93. The van der Waals surface area contributed by atoms with Crippen LogP contribution in [-0.2, 0) is 9.53 Å². The highest BCUT2D eigenvalue weighted by Crippen LogP contribution is 2.39. The highest BCUT2D eigenvalue weighted by Gasteiger charge is 2.43. The zero-order valence-electron chi connectivity index (χ0n) is 12.0. The van der Waals surface area contributed by atoms with E-state index >= 15 is 0 Å². The zero-order valence-corrected chi connectivity index (χ0v) is 12.0. The van der Waals surface area contributed by atoms with E-state index in [1.165, 1.54) is 6.08 Å². The minimum atomic E-state index is -0.952. The molecular weight excluding hydrogens is 256 g/mol. The van der Waals surface area contributed by atoms with Crippen LogP contribution in [0, 0.1) is 5.92 Å². The predicted molar refractivity (Wildman–Crippen MR) is 76.0 cm³/mol. The van der Waals surface area contributed by atoms with Crippen molar-refractivity contribution < 1.29 is 19.7 Å². The highest BCUT2D eigenvalue weighted by molar-refractivity contribution is 5.82. The summed E-state index contributed by atoms with van der Waals surface area (Å²) in [5.41, 5.74) is -0.952. The molecule has 0 spiro atoms. The second-order valence-corrected chi connectivity index (χ2v) is 6.02. The Hall–Kier alpha value is -1.13. The van der Waals surface area contributed by atoms with E-state index in [9.17, 15) is 15.0 Å². The van der Waals surface area contributed by atoms with Crippen molar-refractivity contribution in [2.45, 2.75) is 63.3 Å². The number of aliphatic hydroxyl groups is 2. The second-order valence-electron chi connectivity index (χ2n) is 6.02. The Labute approximate surface area is 120 Å². The lowest BCUT2D eigenvalue weighted by atomic mass is 9.87. The molecule has 2 aliphatic rings. The molecule has 112 valence electrons. The Morgan fingerprint density at radius 3 is 3.00 bits per heavy atom. The van der Waals surface area contributed by atoms with Crippen molar-refractivity contribution in [2.75, 3.05) is 0 Å². The molecule has 1 unspecified atom stereocenters. The summed E-state index contributed by atoms with van der Waals surface area (Å²) in [4.78, 5) is 11.6. The molecule has 4 heteroatoms. The van der Waals surface area contributed by atoms with E-state index in [1.807, 2.05) is 13.0 Å². The lowest BCUT2D eigenvalue weighted by molar-refractivity contribution is -0.142. The molecule has 1 heterocycles. The van der Waals surface area contributed by atoms with Crippen molar-refractivity contribution in [1.82, 2.24) is 0 Å². The fraction of sp³-hybridized carbons (Fsp3) is 0.688. The monoisotopic (exact) mass is 280 g/mol. The number of cyclic esters (lactones) is 1. The molecule has 20 heavy (non-hydrogen) atoms. The number of hydrogen-bond acceptors (Lipinski definition) is 4. The molecule has 1 fully saturated rings. The van der Waals surface area contributed by atoms with E-state index < -0.39 is 11.7 Å². The first kappa shape index (κ1) is 15.3. The third-order valence-electron chi connectivity index (χ3n) is 4.20. The van der Waals surface area contributed by atoms with Gasteiger partial charge in [0.1, 0.15) is 0 Å². The maximum absolute atomic E-state index is 11.6. The molecule has 0 aromatic heterocycles. The van der Waals surface area contributed by atoms with Crippen LogP contribution in [0.25, 0.3) is 0 Å². The van der Waals surface area contributed by atoms with Gasteiger partial charge in [0.05, 0.1) is 17.8 Å². The van der Waals surface area contributed by atoms with Crippen LogP contribution < -0.4 is 0 Å². The first-order chi connectivity index (χ1) is 9.49. The van der Waals surface area contributed by atoms with E-state index in [1.54, 1.807) is 6.08 Å². The number of esters is 1. The van der Waals surface area contributed by atoms with E-state index in [0.717, 1.165) is 19.3 Å². The first-order valence-corrected chi connectivity index (χ1v) is 7.44. The van der Waals surface area contributed by atoms with Crippen molar-refractivity contribution in [2.24, 2.45) is 5.92 Å². The van der Waals surface area contributed by atoms with Gasteiger partial charge < -0.3 is 14.9 Å². The predicted octanol–water partition coefficient (Wildman–Crippen LogP) is 2.11. The average molecular weight is 280 g/mol. The molecule has 0 aromatic rings. The summed E-state index contributed by atoms with van der Waals surface area (Å²) < 4.78 is 5.25. The van der Waals surface area contributed by atoms with Crippen LogP contribution in [0.2, 0.25) is 0 Å². The molecule has 1 aliphatic heterocycles. The van der Waals surface area contributed by atoms with Gasteiger partial charge in [0, 0.05) is 18.4 Å². The van der Waals surface area contributed by atoms with Crippen molar-refractivity contribution in [3.05, 3.63) is 24.3 Å². The third-order valence-corrected chi connectivity index (χ3v) is 4.20. The van der Waals surface area contributed by atoms with E-state index in [4.69, 9.17) is 4.74 Å². The Kier molecular flexibility index (Phi) is 5.00. The van der Waals surface area contributed by atoms with Crippen molar-refractivity contribution in [1.29, 1.82) is 0 Å². The topological polar surface area (TPSA) is 66.8 Å². The van der Waals surface area contributed by atoms with Crippen molar-refractivity contribution in [3.8, 4) is 0 Å². The number of allylic oxidation sites excluding steroid dienone is 1. The molecule has 4 atom stereocenters. The van der Waals surface area contributed by atoms with Crippen LogP contribution in [0.3, 0.4) is 0 Å². The lowest BCUT2D eigenvalue weighted by Crippen LogP contribution is -2.31. The van der Waals surface area contributed by atoms with Gasteiger partial charge in [-0.2, -0.15) is 0 Å². The summed E-state index contributed by atoms with van der Waals surface area (Å²) in [6.07, 6.45) is 10.6. The molecule has 2 N–H and O–H groups in total. The molecule has 1 aliphatic carbocycles. The number of ether oxygens (including phenoxy) is 1. The molecule has 0 saturated heterocycles. The van der Waals surface area contributed by atoms with Gasteiger partial charge in [0.2, 0.25) is 0 Å². The Bertz CT molecular complexity index is 401. The number of hydrogen-bond donors (Lipinski definition) is 2. The van der Waals surface area contributed by atoms with Crippen LogP contribution in [0.5, 0.6) is 0 Å². The summed E-state index contributed by atoms with van der Waals surface area (Å²) in [6, 6.07) is 0. The van der Waals surface area contributed by atoms with Crippen LogP contribution >= 0.6 is 0 Å². The Morgan fingerprint density at radius 2 is 2.20 bits per heavy atom. The van der Waals surface area contributed by atoms with Crippen molar-refractivity contribution in [3.63, 3.8) is 0 Å². The number of carbonyl (C=O) groups is 1. The van der Waals surface area contributed by atoms with Gasteiger partial charge in [-0.25, -0.2) is 4.79 Å². The maximum Gasteiger partial charge on any atom is 0.330 e. The number of fused-ring (bicyclic) bond motifs is 1. The zero-order chi connectivity index (χ0) is 14.6. The smallest absolute Gasteiger partial charge is 0.330 e. The minimum absolute atomic E-state index is 0.0450. The van der Waals surface area contributed by atoms with E-state index in [0.29, 0.717) is 19.3 Å². The van der Waals surface area contributed by atoms with Crippen LogP contribution in [0.4, 0.5) is 0 Å². The Balaban J connectivity index is 2.12. The molecular formula is C16H24O4. The Morgan fingerprint density at radius 1 is 1.40 bits per heavy atom. The van der Waals surface area contributed by atoms with Gasteiger partial charge in [-0.15, -0.1) is 0 Å². The fourth-order valence-corrected chi connectivity index (χ4v) is 3.09. The SMILES string of the molecule is C[C@H]1CCC/C=C/C2C[C@H](O)C[C@@]2(O)C/C=C/C(=O)O1. The molecule has 0 aromatic carbocycles. The second kappa shape index (κ2) is 6.55. The van der Waals surface area contributed by atoms with Crippen LogP contribution in [0.15, 0.2) is 24.3 Å². The molecule has 0 radical (unpaired) electrons. The number of carbonyl (C=O) groups excluding carboxylic acids is 1. The van der Waals surface area contributed by atoms with Gasteiger partial charge in [0.15, 0.2) is 0 Å². The molecule has 0 amide bonds. The largest absolute Gasteiger partial charge is 0.460 e. The van der Waals surface area contributed by atoms with Crippen molar-refractivity contribution >= 4 is 5.97 Å². The van der Waals surface area contributed by atoms with E-state index in [-0.39, 0.29) is 18.0 Å². The molecule has 2 rings (SSSR count). The van der Waals surface area contributed by atoms with Gasteiger partial charge in [0.25, 0.3) is 0 Å². The van der Waals surface area contributed by atoms with Crippen LogP contribution in [-0.4, -0.2) is 34.0 Å². The van der Waals surface area contributed by atoms with Gasteiger partial charge in [-0.05, 0) is 39.0 Å². The minimum Gasteiger partial charge on any atom is -0.460 e. The molecule has 0 bridgehead atoms. The first-order valence-electron chi connectivity index (χ1n) is 7.44. The van der Waals surface area contributed by atoms with Crippen LogP contribution in [0.1, 0.15) is 45.4 Å². The summed E-state index contributed by atoms with van der Waals surface area (Å²) in [7, 11) is 0. The van der Waals surface area contributed by atoms with Gasteiger partial charge in [-0.1, -0.05) is 18.2 Å². The summed E-state index contributed by atoms with van der Waals surface area (Å²) in [5.74, 6) is -0.403. The lowest BCUT2D eigenvalue weighted by Gasteiger charge is -2.26. The highest BCUT2D eigenvalue weighted by atomic mass is 16.5. The maximum atomic E-state index is 11.6. The summed E-state index contributed by atoms with van der Waals surface area (Å²) in [5, 5.41) is 20.4. The quantitative estimate of drug-likeness (QED) is 0.527. The molecule has 1 saturated carbocycles. The van der Waals surface area contributed by atoms with E-state index in [2.05, 4.69) is 6.08 Å². The standard InChI is InChI=1S/C16H24O4/c1-12-6-3-2-4-7-13-10-14(17)11-16(13,19)9-5-8-15(18)20-12/h4-5,7-8,12-14,17,19H,2-3,6,9-11H2,1H3/b7-4+,8-5+/t12-,13?,14-,16-/m0/s1. The van der Waals surface area contributed by atoms with Gasteiger partial charge in [-0.3, -0.25) is 0 Å². The number of rotatable bonds is 0. The van der Waals surface area contributed by atoms with Gasteiger partial charge >= 0.3 is 5.97 Å². The molecule has 4 nitrogen and oxygen atoms in total. The number of aliphatic hydroxyl groups excluding tert-OH is 1.